The fourth-order valence-electron chi connectivity index (χ4n) is 1.88. The average Bonchev–Trinajstić information content (AvgIpc) is 2.68. The minimum Gasteiger partial charge on any atom is -0.396 e. The third kappa shape index (κ3) is 3.34. The number of rotatable bonds is 6. The van der Waals surface area contributed by atoms with Crippen LogP contribution < -0.4 is 0 Å². The molecular weight excluding hydrogens is 200 g/mol. The monoisotopic (exact) mass is 224 g/mol. The molecule has 92 valence electrons. The van der Waals surface area contributed by atoms with Gasteiger partial charge in [0.1, 0.15) is 0 Å². The SMILES string of the molecule is CCC(CC)n1ccc(CC(C)(C)CO)n1. The maximum Gasteiger partial charge on any atom is 0.0630 e. The van der Waals surface area contributed by atoms with Crippen molar-refractivity contribution in [3.63, 3.8) is 0 Å². The van der Waals surface area contributed by atoms with Gasteiger partial charge in [-0.05, 0) is 30.7 Å². The molecule has 1 N–H and O–H groups in total. The summed E-state index contributed by atoms with van der Waals surface area (Å²) in [5.41, 5.74) is 0.999. The Hall–Kier alpha value is -0.830. The zero-order valence-electron chi connectivity index (χ0n) is 10.9. The molecule has 1 aromatic heterocycles. The molecule has 0 saturated heterocycles. The fraction of sp³-hybridized carbons (Fsp3) is 0.769. The van der Waals surface area contributed by atoms with Crippen molar-refractivity contribution in [1.82, 2.24) is 9.78 Å². The summed E-state index contributed by atoms with van der Waals surface area (Å²) >= 11 is 0. The van der Waals surface area contributed by atoms with E-state index in [2.05, 4.69) is 49.7 Å². The lowest BCUT2D eigenvalue weighted by atomic mass is 9.89. The maximum absolute atomic E-state index is 9.23. The van der Waals surface area contributed by atoms with Crippen LogP contribution in [0.25, 0.3) is 0 Å². The van der Waals surface area contributed by atoms with Crippen molar-refractivity contribution < 1.29 is 5.11 Å². The molecule has 0 aromatic carbocycles. The predicted octanol–water partition coefficient (Wildman–Crippen LogP) is 2.81. The summed E-state index contributed by atoms with van der Waals surface area (Å²) in [4.78, 5) is 0. The Labute approximate surface area is 98.5 Å². The molecule has 0 bridgehead atoms. The number of aliphatic hydroxyl groups excluding tert-OH is 1. The Bertz CT molecular complexity index is 313. The number of aromatic nitrogens is 2. The lowest BCUT2D eigenvalue weighted by Gasteiger charge is -2.20. The van der Waals surface area contributed by atoms with Crippen molar-refractivity contribution in [2.24, 2.45) is 5.41 Å². The molecule has 0 atom stereocenters. The molecule has 0 aliphatic heterocycles. The Kier molecular flexibility index (Phi) is 4.54. The standard InChI is InChI=1S/C13H24N2O/c1-5-12(6-2)15-8-7-11(14-15)9-13(3,4)10-16/h7-8,12,16H,5-6,9-10H2,1-4H3. The molecule has 1 rings (SSSR count). The van der Waals surface area contributed by atoms with Crippen molar-refractivity contribution in [3.05, 3.63) is 18.0 Å². The fourth-order valence-corrected chi connectivity index (χ4v) is 1.88. The van der Waals surface area contributed by atoms with Gasteiger partial charge in [-0.25, -0.2) is 0 Å². The first-order chi connectivity index (χ1) is 7.52. The smallest absolute Gasteiger partial charge is 0.0630 e. The summed E-state index contributed by atoms with van der Waals surface area (Å²) in [5.74, 6) is 0. The molecule has 1 aromatic rings. The van der Waals surface area contributed by atoms with E-state index in [0.717, 1.165) is 25.0 Å². The van der Waals surface area contributed by atoms with Crippen LogP contribution in [0.1, 0.15) is 52.3 Å². The second-order valence-electron chi connectivity index (χ2n) is 5.26. The summed E-state index contributed by atoms with van der Waals surface area (Å²) < 4.78 is 2.06. The van der Waals surface area contributed by atoms with E-state index in [1.165, 1.54) is 0 Å². The zero-order chi connectivity index (χ0) is 12.2. The van der Waals surface area contributed by atoms with Gasteiger partial charge in [0, 0.05) is 12.8 Å². The second kappa shape index (κ2) is 5.48. The Morgan fingerprint density at radius 3 is 2.50 bits per heavy atom. The Balaban J connectivity index is 2.71. The summed E-state index contributed by atoms with van der Waals surface area (Å²) in [6, 6.07) is 2.57. The molecule has 3 heteroatoms. The lowest BCUT2D eigenvalue weighted by molar-refractivity contribution is 0.158. The molecule has 0 radical (unpaired) electrons. The molecule has 0 spiro atoms. The maximum atomic E-state index is 9.23. The van der Waals surface area contributed by atoms with Crippen molar-refractivity contribution >= 4 is 0 Å². The number of aliphatic hydroxyl groups is 1. The van der Waals surface area contributed by atoms with Crippen molar-refractivity contribution in [2.45, 2.75) is 53.0 Å². The molecular formula is C13H24N2O. The van der Waals surface area contributed by atoms with Gasteiger partial charge in [-0.1, -0.05) is 27.7 Å². The highest BCUT2D eigenvalue weighted by Crippen LogP contribution is 2.21. The highest BCUT2D eigenvalue weighted by Gasteiger charge is 2.19. The number of nitrogens with zero attached hydrogens (tertiary/aromatic N) is 2. The average molecular weight is 224 g/mol. The van der Waals surface area contributed by atoms with Crippen LogP contribution >= 0.6 is 0 Å². The van der Waals surface area contributed by atoms with E-state index in [-0.39, 0.29) is 12.0 Å². The van der Waals surface area contributed by atoms with Crippen LogP contribution in [0.15, 0.2) is 12.3 Å². The molecule has 0 saturated carbocycles. The van der Waals surface area contributed by atoms with Gasteiger partial charge in [0.15, 0.2) is 0 Å². The van der Waals surface area contributed by atoms with Gasteiger partial charge in [-0.2, -0.15) is 5.10 Å². The quantitative estimate of drug-likeness (QED) is 0.807. The summed E-state index contributed by atoms with van der Waals surface area (Å²) in [5, 5.41) is 13.8. The van der Waals surface area contributed by atoms with Crippen LogP contribution in [0.4, 0.5) is 0 Å². The first-order valence-corrected chi connectivity index (χ1v) is 6.17. The highest BCUT2D eigenvalue weighted by atomic mass is 16.3. The van der Waals surface area contributed by atoms with Crippen LogP contribution in [0, 0.1) is 5.41 Å². The molecule has 0 fully saturated rings. The van der Waals surface area contributed by atoms with E-state index in [4.69, 9.17) is 0 Å². The van der Waals surface area contributed by atoms with E-state index in [0.29, 0.717) is 6.04 Å². The minimum atomic E-state index is -0.0763. The molecule has 0 aliphatic carbocycles. The van der Waals surface area contributed by atoms with E-state index >= 15 is 0 Å². The predicted molar refractivity (Wildman–Crippen MR) is 66.4 cm³/mol. The van der Waals surface area contributed by atoms with Gasteiger partial charge in [0.2, 0.25) is 0 Å². The summed E-state index contributed by atoms with van der Waals surface area (Å²) in [6.07, 6.45) is 5.11. The van der Waals surface area contributed by atoms with Gasteiger partial charge in [0.25, 0.3) is 0 Å². The summed E-state index contributed by atoms with van der Waals surface area (Å²) in [6.45, 7) is 8.69. The normalized spacial score (nSPS) is 12.4. The molecule has 1 heterocycles. The van der Waals surface area contributed by atoms with Crippen LogP contribution in [0.2, 0.25) is 0 Å². The van der Waals surface area contributed by atoms with Gasteiger partial charge in [-0.15, -0.1) is 0 Å². The molecule has 0 aliphatic rings. The van der Waals surface area contributed by atoms with Crippen LogP contribution in [0.3, 0.4) is 0 Å². The Morgan fingerprint density at radius 2 is 2.00 bits per heavy atom. The summed E-state index contributed by atoms with van der Waals surface area (Å²) in [7, 11) is 0. The van der Waals surface area contributed by atoms with E-state index in [1.807, 2.05) is 0 Å². The highest BCUT2D eigenvalue weighted by molar-refractivity contribution is 5.02. The van der Waals surface area contributed by atoms with Gasteiger partial charge >= 0.3 is 0 Å². The molecule has 3 nitrogen and oxygen atoms in total. The van der Waals surface area contributed by atoms with Crippen LogP contribution in [-0.2, 0) is 6.42 Å². The first-order valence-electron chi connectivity index (χ1n) is 6.17. The van der Waals surface area contributed by atoms with Crippen molar-refractivity contribution in [2.75, 3.05) is 6.61 Å². The van der Waals surface area contributed by atoms with E-state index < -0.39 is 0 Å². The molecule has 0 amide bonds. The minimum absolute atomic E-state index is 0.0763. The Morgan fingerprint density at radius 1 is 1.38 bits per heavy atom. The van der Waals surface area contributed by atoms with E-state index in [1.54, 1.807) is 0 Å². The van der Waals surface area contributed by atoms with Gasteiger partial charge in [0.05, 0.1) is 11.7 Å². The number of hydrogen-bond donors (Lipinski definition) is 1. The van der Waals surface area contributed by atoms with Gasteiger partial charge < -0.3 is 5.11 Å². The zero-order valence-corrected chi connectivity index (χ0v) is 10.9. The van der Waals surface area contributed by atoms with E-state index in [9.17, 15) is 5.11 Å². The van der Waals surface area contributed by atoms with Crippen molar-refractivity contribution in [3.8, 4) is 0 Å². The largest absolute Gasteiger partial charge is 0.396 e. The van der Waals surface area contributed by atoms with Gasteiger partial charge in [-0.3, -0.25) is 4.68 Å². The number of hydrogen-bond acceptors (Lipinski definition) is 2. The lowest BCUT2D eigenvalue weighted by Crippen LogP contribution is -2.20. The van der Waals surface area contributed by atoms with Crippen molar-refractivity contribution in [1.29, 1.82) is 0 Å². The molecule has 0 unspecified atom stereocenters. The second-order valence-corrected chi connectivity index (χ2v) is 5.26. The first kappa shape index (κ1) is 13.2. The van der Waals surface area contributed by atoms with Crippen LogP contribution in [0.5, 0.6) is 0 Å². The molecule has 16 heavy (non-hydrogen) atoms. The third-order valence-corrected chi connectivity index (χ3v) is 3.07. The topological polar surface area (TPSA) is 38.0 Å². The van der Waals surface area contributed by atoms with Crippen LogP contribution in [-0.4, -0.2) is 21.5 Å². The third-order valence-electron chi connectivity index (χ3n) is 3.07.